The predicted molar refractivity (Wildman–Crippen MR) is 106 cm³/mol. The number of aliphatic hydroxyl groups excluding tert-OH is 1. The van der Waals surface area contributed by atoms with Gasteiger partial charge in [-0.15, -0.1) is 0 Å². The Morgan fingerprint density at radius 3 is 2.87 bits per heavy atom. The highest BCUT2D eigenvalue weighted by atomic mass is 19.1. The van der Waals surface area contributed by atoms with E-state index in [0.29, 0.717) is 48.5 Å². The van der Waals surface area contributed by atoms with Gasteiger partial charge in [-0.1, -0.05) is 0 Å². The van der Waals surface area contributed by atoms with Gasteiger partial charge in [0.05, 0.1) is 18.3 Å². The molecular formula is C21H21F2N5O2. The minimum atomic E-state index is -0.469. The van der Waals surface area contributed by atoms with E-state index in [1.165, 1.54) is 12.3 Å². The van der Waals surface area contributed by atoms with Gasteiger partial charge in [-0.05, 0) is 49.9 Å². The molecule has 0 radical (unpaired) electrons. The zero-order valence-corrected chi connectivity index (χ0v) is 16.1. The van der Waals surface area contributed by atoms with Gasteiger partial charge in [0.2, 0.25) is 5.91 Å². The molecule has 2 aromatic heterocycles. The van der Waals surface area contributed by atoms with E-state index >= 15 is 0 Å². The maximum atomic E-state index is 14.4. The summed E-state index contributed by atoms with van der Waals surface area (Å²) in [6.07, 6.45) is 5.30. The number of nitrogens with zero attached hydrogens (tertiary/aromatic N) is 4. The van der Waals surface area contributed by atoms with Crippen molar-refractivity contribution in [2.45, 2.75) is 37.8 Å². The average molecular weight is 413 g/mol. The molecule has 1 saturated heterocycles. The van der Waals surface area contributed by atoms with Gasteiger partial charge in [0.15, 0.2) is 5.65 Å². The zero-order valence-electron chi connectivity index (χ0n) is 16.1. The van der Waals surface area contributed by atoms with Crippen LogP contribution in [-0.2, 0) is 4.79 Å². The number of rotatable bonds is 4. The van der Waals surface area contributed by atoms with Crippen molar-refractivity contribution in [3.63, 3.8) is 0 Å². The van der Waals surface area contributed by atoms with Gasteiger partial charge in [-0.25, -0.2) is 18.3 Å². The van der Waals surface area contributed by atoms with Crippen molar-refractivity contribution in [3.05, 3.63) is 53.9 Å². The SMILES string of the molecule is O=C(Nc1cnn2ccc(N3CCC[C@@H]3c3cc(F)ccc3F)nc12)C1CC(O)C1. The fourth-order valence-electron chi connectivity index (χ4n) is 4.28. The number of carbonyl (C=O) groups excluding carboxylic acids is 1. The summed E-state index contributed by atoms with van der Waals surface area (Å²) >= 11 is 0. The molecule has 2 aliphatic rings. The fraction of sp³-hybridized carbons (Fsp3) is 0.381. The number of hydrogen-bond acceptors (Lipinski definition) is 5. The summed E-state index contributed by atoms with van der Waals surface area (Å²) in [5, 5.41) is 16.5. The third-order valence-electron chi connectivity index (χ3n) is 5.96. The Morgan fingerprint density at radius 1 is 1.23 bits per heavy atom. The molecule has 9 heteroatoms. The normalized spacial score (nSPS) is 23.6. The van der Waals surface area contributed by atoms with Gasteiger partial charge in [0.25, 0.3) is 0 Å². The summed E-state index contributed by atoms with van der Waals surface area (Å²) in [6.45, 7) is 0.666. The van der Waals surface area contributed by atoms with E-state index < -0.39 is 17.7 Å². The second-order valence-corrected chi connectivity index (χ2v) is 7.94. The van der Waals surface area contributed by atoms with Crippen LogP contribution in [0.3, 0.4) is 0 Å². The predicted octanol–water partition coefficient (Wildman–Crippen LogP) is 3.06. The molecule has 0 spiro atoms. The number of benzene rings is 1. The van der Waals surface area contributed by atoms with Crippen LogP contribution < -0.4 is 10.2 Å². The summed E-state index contributed by atoms with van der Waals surface area (Å²) in [6, 6.07) is 4.98. The molecule has 5 rings (SSSR count). The lowest BCUT2D eigenvalue weighted by molar-refractivity contribution is -0.126. The van der Waals surface area contributed by atoms with Crippen LogP contribution in [0.4, 0.5) is 20.3 Å². The zero-order chi connectivity index (χ0) is 20.8. The lowest BCUT2D eigenvalue weighted by Gasteiger charge is -2.29. The molecule has 0 bridgehead atoms. The van der Waals surface area contributed by atoms with Crippen molar-refractivity contribution >= 4 is 23.1 Å². The van der Waals surface area contributed by atoms with E-state index in [0.717, 1.165) is 18.6 Å². The van der Waals surface area contributed by atoms with Crippen molar-refractivity contribution in [2.75, 3.05) is 16.8 Å². The van der Waals surface area contributed by atoms with Crippen LogP contribution in [0.2, 0.25) is 0 Å². The van der Waals surface area contributed by atoms with Crippen molar-refractivity contribution in [1.29, 1.82) is 0 Å². The van der Waals surface area contributed by atoms with Crippen LogP contribution in [0.1, 0.15) is 37.3 Å². The van der Waals surface area contributed by atoms with Crippen molar-refractivity contribution in [3.8, 4) is 0 Å². The van der Waals surface area contributed by atoms with Crippen molar-refractivity contribution in [2.24, 2.45) is 5.92 Å². The van der Waals surface area contributed by atoms with E-state index in [1.807, 2.05) is 4.90 Å². The number of fused-ring (bicyclic) bond motifs is 1. The quantitative estimate of drug-likeness (QED) is 0.687. The van der Waals surface area contributed by atoms with Gasteiger partial charge >= 0.3 is 0 Å². The third kappa shape index (κ3) is 3.28. The van der Waals surface area contributed by atoms with Gasteiger partial charge in [0.1, 0.15) is 23.1 Å². The molecular weight excluding hydrogens is 392 g/mol. The van der Waals surface area contributed by atoms with Crippen LogP contribution in [0.15, 0.2) is 36.7 Å². The highest BCUT2D eigenvalue weighted by Crippen LogP contribution is 2.37. The highest BCUT2D eigenvalue weighted by Gasteiger charge is 2.34. The topological polar surface area (TPSA) is 82.8 Å². The average Bonchev–Trinajstić information content (AvgIpc) is 3.34. The summed E-state index contributed by atoms with van der Waals surface area (Å²) in [7, 11) is 0. The second kappa shape index (κ2) is 7.32. The first-order valence-electron chi connectivity index (χ1n) is 10.0. The molecule has 156 valence electrons. The highest BCUT2D eigenvalue weighted by molar-refractivity contribution is 5.96. The number of halogens is 2. The molecule has 1 aromatic carbocycles. The largest absolute Gasteiger partial charge is 0.393 e. The molecule has 30 heavy (non-hydrogen) atoms. The Balaban J connectivity index is 1.44. The summed E-state index contributed by atoms with van der Waals surface area (Å²) < 4.78 is 29.7. The Labute approximate surface area is 171 Å². The van der Waals surface area contributed by atoms with E-state index in [2.05, 4.69) is 15.4 Å². The Kier molecular flexibility index (Phi) is 4.62. The van der Waals surface area contributed by atoms with Crippen LogP contribution in [0.5, 0.6) is 0 Å². The molecule has 0 unspecified atom stereocenters. The Morgan fingerprint density at radius 2 is 2.07 bits per heavy atom. The number of hydrogen-bond donors (Lipinski definition) is 2. The summed E-state index contributed by atoms with van der Waals surface area (Å²) in [5.74, 6) is -0.665. The lowest BCUT2D eigenvalue weighted by atomic mass is 9.82. The molecule has 3 aromatic rings. The number of carbonyl (C=O) groups is 1. The fourth-order valence-corrected chi connectivity index (χ4v) is 4.28. The minimum Gasteiger partial charge on any atom is -0.393 e. The molecule has 2 fully saturated rings. The van der Waals surface area contributed by atoms with E-state index in [1.54, 1.807) is 16.8 Å². The molecule has 2 N–H and O–H groups in total. The first kappa shape index (κ1) is 18.9. The molecule has 7 nitrogen and oxygen atoms in total. The standard InChI is InChI=1S/C21H21F2N5O2/c22-13-3-4-16(23)15(10-13)18-2-1-6-27(18)19-5-7-28-20(26-19)17(11-24-28)25-21(30)12-8-14(29)9-12/h3-5,7,10-12,14,18,29H,1-2,6,8-9H2,(H,25,30)/t12?,14?,18-/m1/s1. The summed E-state index contributed by atoms with van der Waals surface area (Å²) in [4.78, 5) is 19.0. The molecule has 1 saturated carbocycles. The lowest BCUT2D eigenvalue weighted by Crippen LogP contribution is -2.37. The van der Waals surface area contributed by atoms with Gasteiger partial charge in [0, 0.05) is 24.2 Å². The van der Waals surface area contributed by atoms with Crippen molar-refractivity contribution < 1.29 is 18.7 Å². The third-order valence-corrected chi connectivity index (χ3v) is 5.96. The van der Waals surface area contributed by atoms with Gasteiger partial charge in [-0.2, -0.15) is 5.10 Å². The van der Waals surface area contributed by atoms with E-state index in [4.69, 9.17) is 0 Å². The van der Waals surface area contributed by atoms with Gasteiger partial charge < -0.3 is 15.3 Å². The van der Waals surface area contributed by atoms with Crippen molar-refractivity contribution in [1.82, 2.24) is 14.6 Å². The molecule has 1 aliphatic carbocycles. The second-order valence-electron chi connectivity index (χ2n) is 7.94. The van der Waals surface area contributed by atoms with E-state index in [9.17, 15) is 18.7 Å². The number of amides is 1. The number of aromatic nitrogens is 3. The van der Waals surface area contributed by atoms with Crippen LogP contribution in [0, 0.1) is 17.6 Å². The van der Waals surface area contributed by atoms with Crippen LogP contribution in [-0.4, -0.2) is 38.3 Å². The Hall–Kier alpha value is -3.07. The minimum absolute atomic E-state index is 0.164. The molecule has 1 atom stereocenters. The molecule has 1 amide bonds. The molecule has 3 heterocycles. The van der Waals surface area contributed by atoms with Crippen LogP contribution >= 0.6 is 0 Å². The maximum absolute atomic E-state index is 14.4. The molecule has 1 aliphatic heterocycles. The number of anilines is 2. The number of nitrogens with one attached hydrogen (secondary N) is 1. The van der Waals surface area contributed by atoms with E-state index in [-0.39, 0.29) is 17.9 Å². The smallest absolute Gasteiger partial charge is 0.227 e. The van der Waals surface area contributed by atoms with Gasteiger partial charge in [-0.3, -0.25) is 4.79 Å². The van der Waals surface area contributed by atoms with Crippen LogP contribution in [0.25, 0.3) is 5.65 Å². The number of aliphatic hydroxyl groups is 1. The monoisotopic (exact) mass is 413 g/mol. The maximum Gasteiger partial charge on any atom is 0.227 e. The first-order valence-corrected chi connectivity index (χ1v) is 10.0. The first-order chi connectivity index (χ1) is 14.5. The summed E-state index contributed by atoms with van der Waals surface area (Å²) in [5.41, 5.74) is 1.28. The Bertz CT molecular complexity index is 1110.